The van der Waals surface area contributed by atoms with Gasteiger partial charge in [0.25, 0.3) is 0 Å². The van der Waals surface area contributed by atoms with Gasteiger partial charge in [0.15, 0.2) is 0 Å². The lowest BCUT2D eigenvalue weighted by molar-refractivity contribution is -0.116. The number of carbonyl (C=O) groups is 1. The van der Waals surface area contributed by atoms with Crippen LogP contribution < -0.4 is 11.1 Å². The molecule has 10 heavy (non-hydrogen) atoms. The van der Waals surface area contributed by atoms with E-state index in [-0.39, 0.29) is 17.1 Å². The number of carbonyl (C=O) groups excluding carboxylic acids is 1. The topological polar surface area (TPSA) is 55.1 Å². The summed E-state index contributed by atoms with van der Waals surface area (Å²) in [5.41, 5.74) is 5.03. The molecule has 0 aliphatic heterocycles. The fourth-order valence-electron chi connectivity index (χ4n) is 0.451. The van der Waals surface area contributed by atoms with Crippen LogP contribution in [0.4, 0.5) is 0 Å². The lowest BCUT2D eigenvalue weighted by atomic mass is 10.4. The third-order valence-electron chi connectivity index (χ3n) is 0.700. The quantitative estimate of drug-likeness (QED) is 0.460. The van der Waals surface area contributed by atoms with Gasteiger partial charge in [-0.2, -0.15) is 0 Å². The molecule has 3 N–H and O–H groups in total. The van der Waals surface area contributed by atoms with E-state index >= 15 is 0 Å². The van der Waals surface area contributed by atoms with Gasteiger partial charge in [0.05, 0.1) is 0 Å². The molecule has 0 fully saturated rings. The highest BCUT2D eigenvalue weighted by atomic mass is 35.5. The van der Waals surface area contributed by atoms with Gasteiger partial charge >= 0.3 is 0 Å². The van der Waals surface area contributed by atoms with Crippen LogP contribution in [-0.2, 0) is 4.79 Å². The Labute approximate surface area is 65.2 Å². The minimum Gasteiger partial charge on any atom is -0.389 e. The molecule has 0 aromatic heterocycles. The van der Waals surface area contributed by atoms with Crippen molar-refractivity contribution in [1.82, 2.24) is 5.32 Å². The summed E-state index contributed by atoms with van der Waals surface area (Å²) in [6.07, 6.45) is 1.14. The van der Waals surface area contributed by atoms with Crippen LogP contribution in [0.25, 0.3) is 0 Å². The Hall–Kier alpha value is -0.700. The SMILES string of the molecule is CC(C)NC(=O)/C=C(\N)Cl. The first-order valence-corrected chi connectivity index (χ1v) is 3.33. The van der Waals surface area contributed by atoms with Crippen molar-refractivity contribution >= 4 is 17.5 Å². The highest BCUT2D eigenvalue weighted by Gasteiger charge is 1.97. The number of nitrogens with one attached hydrogen (secondary N) is 1. The summed E-state index contributed by atoms with van der Waals surface area (Å²) in [6, 6.07) is 0.111. The monoisotopic (exact) mass is 162 g/mol. The average Bonchev–Trinajstić information content (AvgIpc) is 1.58. The first kappa shape index (κ1) is 9.30. The summed E-state index contributed by atoms with van der Waals surface area (Å²) < 4.78 is 0. The molecule has 0 aliphatic rings. The highest BCUT2D eigenvalue weighted by molar-refractivity contribution is 6.30. The summed E-state index contributed by atoms with van der Waals surface area (Å²) in [7, 11) is 0. The van der Waals surface area contributed by atoms with E-state index in [0.29, 0.717) is 0 Å². The van der Waals surface area contributed by atoms with E-state index in [1.54, 1.807) is 0 Å². The van der Waals surface area contributed by atoms with Gasteiger partial charge in [0.1, 0.15) is 5.16 Å². The van der Waals surface area contributed by atoms with E-state index in [0.717, 1.165) is 6.08 Å². The van der Waals surface area contributed by atoms with Crippen LogP contribution >= 0.6 is 11.6 Å². The summed E-state index contributed by atoms with van der Waals surface area (Å²) in [5, 5.41) is 2.59. The fraction of sp³-hybridized carbons (Fsp3) is 0.500. The number of halogens is 1. The molecule has 0 aromatic rings. The maximum absolute atomic E-state index is 10.7. The number of hydrogen-bond donors (Lipinski definition) is 2. The smallest absolute Gasteiger partial charge is 0.247 e. The molecule has 4 heteroatoms. The number of hydrogen-bond acceptors (Lipinski definition) is 2. The van der Waals surface area contributed by atoms with Gasteiger partial charge in [-0.05, 0) is 13.8 Å². The second kappa shape index (κ2) is 4.17. The molecule has 0 saturated heterocycles. The van der Waals surface area contributed by atoms with Crippen molar-refractivity contribution in [3.8, 4) is 0 Å². The normalized spacial score (nSPS) is 11.8. The lowest BCUT2D eigenvalue weighted by Gasteiger charge is -2.03. The second-order valence-corrected chi connectivity index (χ2v) is 2.63. The van der Waals surface area contributed by atoms with E-state index in [1.807, 2.05) is 13.8 Å². The van der Waals surface area contributed by atoms with Crippen molar-refractivity contribution in [3.05, 3.63) is 11.2 Å². The minimum atomic E-state index is -0.262. The van der Waals surface area contributed by atoms with Crippen LogP contribution in [0.5, 0.6) is 0 Å². The Morgan fingerprint density at radius 2 is 2.20 bits per heavy atom. The van der Waals surface area contributed by atoms with Crippen LogP contribution in [0.15, 0.2) is 11.2 Å². The lowest BCUT2D eigenvalue weighted by Crippen LogP contribution is -2.28. The van der Waals surface area contributed by atoms with Crippen LogP contribution in [0.1, 0.15) is 13.8 Å². The molecule has 0 unspecified atom stereocenters. The van der Waals surface area contributed by atoms with Crippen LogP contribution in [0.2, 0.25) is 0 Å². The molecule has 0 spiro atoms. The molecule has 0 atom stereocenters. The van der Waals surface area contributed by atoms with E-state index in [1.165, 1.54) is 0 Å². The Morgan fingerprint density at radius 3 is 2.50 bits per heavy atom. The van der Waals surface area contributed by atoms with Gasteiger partial charge in [0, 0.05) is 12.1 Å². The largest absolute Gasteiger partial charge is 0.389 e. The molecule has 0 bridgehead atoms. The van der Waals surface area contributed by atoms with Gasteiger partial charge in [-0.15, -0.1) is 0 Å². The van der Waals surface area contributed by atoms with E-state index < -0.39 is 0 Å². The second-order valence-electron chi connectivity index (χ2n) is 2.19. The molecule has 0 saturated carbocycles. The van der Waals surface area contributed by atoms with Crippen molar-refractivity contribution in [2.45, 2.75) is 19.9 Å². The Bertz CT molecular complexity index is 150. The summed E-state index contributed by atoms with van der Waals surface area (Å²) >= 11 is 5.23. The molecular weight excluding hydrogens is 152 g/mol. The third kappa shape index (κ3) is 5.44. The maximum atomic E-state index is 10.7. The number of nitrogens with two attached hydrogens (primary N) is 1. The summed E-state index contributed by atoms with van der Waals surface area (Å²) in [4.78, 5) is 10.7. The number of amides is 1. The molecule has 3 nitrogen and oxygen atoms in total. The minimum absolute atomic E-state index is 0.00171. The van der Waals surface area contributed by atoms with Crippen molar-refractivity contribution in [2.75, 3.05) is 0 Å². The molecule has 0 rings (SSSR count). The molecule has 58 valence electrons. The average molecular weight is 163 g/mol. The zero-order valence-corrected chi connectivity index (χ0v) is 6.77. The third-order valence-corrected chi connectivity index (χ3v) is 0.809. The van der Waals surface area contributed by atoms with Gasteiger partial charge in [-0.1, -0.05) is 11.6 Å². The van der Waals surface area contributed by atoms with Gasteiger partial charge in [-0.3, -0.25) is 4.79 Å². The predicted molar refractivity (Wildman–Crippen MR) is 41.4 cm³/mol. The van der Waals surface area contributed by atoms with Crippen LogP contribution in [0.3, 0.4) is 0 Å². The Kier molecular flexibility index (Phi) is 3.88. The summed E-state index contributed by atoms with van der Waals surface area (Å²) in [6.45, 7) is 3.71. The zero-order chi connectivity index (χ0) is 8.15. The Morgan fingerprint density at radius 1 is 1.70 bits per heavy atom. The van der Waals surface area contributed by atoms with Crippen molar-refractivity contribution in [2.24, 2.45) is 5.73 Å². The van der Waals surface area contributed by atoms with E-state index in [9.17, 15) is 4.79 Å². The first-order valence-electron chi connectivity index (χ1n) is 2.95. The maximum Gasteiger partial charge on any atom is 0.247 e. The van der Waals surface area contributed by atoms with E-state index in [4.69, 9.17) is 17.3 Å². The Balaban J connectivity index is 3.76. The molecule has 1 amide bonds. The van der Waals surface area contributed by atoms with Crippen molar-refractivity contribution < 1.29 is 4.79 Å². The fourth-order valence-corrected chi connectivity index (χ4v) is 0.551. The highest BCUT2D eigenvalue weighted by Crippen LogP contribution is 1.88. The van der Waals surface area contributed by atoms with Crippen molar-refractivity contribution in [1.29, 1.82) is 0 Å². The number of rotatable bonds is 2. The molecular formula is C6H11ClN2O. The van der Waals surface area contributed by atoms with Gasteiger partial charge in [-0.25, -0.2) is 0 Å². The van der Waals surface area contributed by atoms with Gasteiger partial charge < -0.3 is 11.1 Å². The van der Waals surface area contributed by atoms with Crippen molar-refractivity contribution in [3.63, 3.8) is 0 Å². The molecule has 0 radical (unpaired) electrons. The van der Waals surface area contributed by atoms with Crippen LogP contribution in [0, 0.1) is 0 Å². The molecule has 0 heterocycles. The molecule has 0 aromatic carbocycles. The van der Waals surface area contributed by atoms with E-state index in [2.05, 4.69) is 5.32 Å². The summed E-state index contributed by atoms with van der Waals surface area (Å²) in [5.74, 6) is -0.262. The van der Waals surface area contributed by atoms with Gasteiger partial charge in [0.2, 0.25) is 5.91 Å². The zero-order valence-electron chi connectivity index (χ0n) is 6.02. The molecule has 0 aliphatic carbocycles. The predicted octanol–water partition coefficient (Wildman–Crippen LogP) is 0.550. The standard InChI is InChI=1S/C6H11ClN2O/c1-4(2)9-6(10)3-5(7)8/h3-4H,8H2,1-2H3,(H,9,10)/b5-3-. The first-order chi connectivity index (χ1) is 4.52. The van der Waals surface area contributed by atoms with Crippen LogP contribution in [-0.4, -0.2) is 11.9 Å².